The van der Waals surface area contributed by atoms with Crippen molar-refractivity contribution in [1.29, 1.82) is 5.26 Å². The first-order valence-corrected chi connectivity index (χ1v) is 3.28. The Balaban J connectivity index is 3.31. The fourth-order valence-corrected chi connectivity index (χ4v) is 0.611. The van der Waals surface area contributed by atoms with Crippen LogP contribution in [0.25, 0.3) is 0 Å². The molecule has 0 bridgehead atoms. The first kappa shape index (κ1) is 9.72. The summed E-state index contributed by atoms with van der Waals surface area (Å²) in [5.41, 5.74) is 4.72. The Morgan fingerprint density at radius 2 is 2.45 bits per heavy atom. The first-order chi connectivity index (χ1) is 5.16. The summed E-state index contributed by atoms with van der Waals surface area (Å²) in [6, 6.07) is 1.17. The minimum atomic E-state index is -0.930. The normalized spacial score (nSPS) is 11.6. The molecule has 0 aliphatic rings. The standard InChI is InChI=1S/C6H11N3O2/c7-4-2-1-3-5(10)9-6(8)11/h5,10H,1-3H2,(H3,8,9,11). The molecule has 11 heavy (non-hydrogen) atoms. The monoisotopic (exact) mass is 157 g/mol. The van der Waals surface area contributed by atoms with Gasteiger partial charge >= 0.3 is 6.03 Å². The van der Waals surface area contributed by atoms with Crippen molar-refractivity contribution in [1.82, 2.24) is 5.32 Å². The van der Waals surface area contributed by atoms with Crippen molar-refractivity contribution in [3.8, 4) is 6.07 Å². The Bertz CT molecular complexity index is 164. The summed E-state index contributed by atoms with van der Waals surface area (Å²) < 4.78 is 0. The van der Waals surface area contributed by atoms with Gasteiger partial charge in [0, 0.05) is 6.42 Å². The molecule has 1 unspecified atom stereocenters. The Hall–Kier alpha value is -1.28. The minimum absolute atomic E-state index is 0.358. The van der Waals surface area contributed by atoms with Gasteiger partial charge in [0.05, 0.1) is 6.07 Å². The van der Waals surface area contributed by atoms with Gasteiger partial charge in [-0.3, -0.25) is 0 Å². The molecule has 1 atom stereocenters. The molecule has 0 aromatic heterocycles. The van der Waals surface area contributed by atoms with Crippen LogP contribution in [0.2, 0.25) is 0 Å². The fourth-order valence-electron chi connectivity index (χ4n) is 0.611. The molecule has 0 heterocycles. The van der Waals surface area contributed by atoms with Crippen molar-refractivity contribution < 1.29 is 9.90 Å². The number of carbonyl (C=O) groups excluding carboxylic acids is 1. The molecule has 0 aliphatic carbocycles. The van der Waals surface area contributed by atoms with Crippen molar-refractivity contribution in [2.24, 2.45) is 5.73 Å². The second-order valence-electron chi connectivity index (χ2n) is 2.07. The van der Waals surface area contributed by atoms with E-state index in [0.717, 1.165) is 0 Å². The minimum Gasteiger partial charge on any atom is -0.374 e. The summed E-state index contributed by atoms with van der Waals surface area (Å²) in [5.74, 6) is 0. The molecule has 0 rings (SSSR count). The highest BCUT2D eigenvalue weighted by Crippen LogP contribution is 1.96. The smallest absolute Gasteiger partial charge is 0.314 e. The summed E-state index contributed by atoms with van der Waals surface area (Å²) in [6.07, 6.45) is 0.354. The van der Waals surface area contributed by atoms with E-state index in [1.54, 1.807) is 0 Å². The fraction of sp³-hybridized carbons (Fsp3) is 0.667. The molecule has 2 amide bonds. The Morgan fingerprint density at radius 3 is 2.91 bits per heavy atom. The van der Waals surface area contributed by atoms with Gasteiger partial charge in [-0.25, -0.2) is 4.79 Å². The van der Waals surface area contributed by atoms with Crippen LogP contribution in [0.5, 0.6) is 0 Å². The molecule has 0 fully saturated rings. The molecular formula is C6H11N3O2. The van der Waals surface area contributed by atoms with E-state index in [4.69, 9.17) is 16.1 Å². The van der Waals surface area contributed by atoms with Gasteiger partial charge in [-0.1, -0.05) is 0 Å². The van der Waals surface area contributed by atoms with Gasteiger partial charge in [-0.15, -0.1) is 0 Å². The van der Waals surface area contributed by atoms with Gasteiger partial charge in [0.25, 0.3) is 0 Å². The maximum Gasteiger partial charge on any atom is 0.314 e. The van der Waals surface area contributed by atoms with Crippen LogP contribution in [0, 0.1) is 11.3 Å². The van der Waals surface area contributed by atoms with Crippen LogP contribution in [0.3, 0.4) is 0 Å². The van der Waals surface area contributed by atoms with E-state index in [0.29, 0.717) is 19.3 Å². The van der Waals surface area contributed by atoms with E-state index >= 15 is 0 Å². The number of urea groups is 1. The Kier molecular flexibility index (Phi) is 4.86. The number of primary amides is 1. The van der Waals surface area contributed by atoms with Crippen LogP contribution in [0.15, 0.2) is 0 Å². The highest BCUT2D eigenvalue weighted by molar-refractivity contribution is 5.71. The van der Waals surface area contributed by atoms with E-state index in [1.165, 1.54) is 0 Å². The lowest BCUT2D eigenvalue weighted by Gasteiger charge is -2.08. The number of rotatable bonds is 4. The summed E-state index contributed by atoms with van der Waals surface area (Å²) in [6.45, 7) is 0. The van der Waals surface area contributed by atoms with Gasteiger partial charge in [0.1, 0.15) is 6.23 Å². The third-order valence-electron chi connectivity index (χ3n) is 1.08. The number of hydrogen-bond acceptors (Lipinski definition) is 3. The third kappa shape index (κ3) is 6.61. The van der Waals surface area contributed by atoms with Crippen molar-refractivity contribution in [3.63, 3.8) is 0 Å². The molecule has 0 aromatic rings. The molecule has 0 saturated carbocycles. The van der Waals surface area contributed by atoms with Crippen molar-refractivity contribution in [2.75, 3.05) is 0 Å². The Labute approximate surface area is 64.8 Å². The first-order valence-electron chi connectivity index (χ1n) is 3.28. The zero-order valence-electron chi connectivity index (χ0n) is 6.08. The zero-order chi connectivity index (χ0) is 8.69. The highest BCUT2D eigenvalue weighted by atomic mass is 16.3. The van der Waals surface area contributed by atoms with Crippen molar-refractivity contribution in [2.45, 2.75) is 25.5 Å². The quantitative estimate of drug-likeness (QED) is 0.384. The second-order valence-corrected chi connectivity index (χ2v) is 2.07. The molecule has 62 valence electrons. The molecule has 0 spiro atoms. The lowest BCUT2D eigenvalue weighted by Crippen LogP contribution is -2.38. The van der Waals surface area contributed by atoms with E-state index in [-0.39, 0.29) is 0 Å². The van der Waals surface area contributed by atoms with Gasteiger partial charge in [-0.05, 0) is 12.8 Å². The number of carbonyl (C=O) groups is 1. The number of aliphatic hydroxyl groups excluding tert-OH is 1. The molecule has 0 radical (unpaired) electrons. The van der Waals surface area contributed by atoms with Crippen LogP contribution in [0.1, 0.15) is 19.3 Å². The number of aliphatic hydroxyl groups is 1. The number of unbranched alkanes of at least 4 members (excludes halogenated alkanes) is 1. The largest absolute Gasteiger partial charge is 0.374 e. The number of nitrogens with zero attached hydrogens (tertiary/aromatic N) is 1. The zero-order valence-corrected chi connectivity index (χ0v) is 6.08. The number of hydrogen-bond donors (Lipinski definition) is 3. The Morgan fingerprint density at radius 1 is 1.82 bits per heavy atom. The molecule has 5 heteroatoms. The molecule has 4 N–H and O–H groups in total. The number of amides is 2. The van der Waals surface area contributed by atoms with E-state index in [1.807, 2.05) is 6.07 Å². The van der Waals surface area contributed by atoms with Crippen molar-refractivity contribution >= 4 is 6.03 Å². The van der Waals surface area contributed by atoms with Crippen LogP contribution in [-0.4, -0.2) is 17.4 Å². The lowest BCUT2D eigenvalue weighted by molar-refractivity contribution is 0.133. The van der Waals surface area contributed by atoms with Gasteiger partial charge < -0.3 is 16.2 Å². The number of nitriles is 1. The van der Waals surface area contributed by atoms with Crippen LogP contribution >= 0.6 is 0 Å². The topological polar surface area (TPSA) is 99.1 Å². The lowest BCUT2D eigenvalue weighted by atomic mass is 10.2. The van der Waals surface area contributed by atoms with E-state index in [2.05, 4.69) is 5.32 Å². The van der Waals surface area contributed by atoms with Crippen LogP contribution in [0.4, 0.5) is 4.79 Å². The number of nitrogens with two attached hydrogens (primary N) is 1. The molecular weight excluding hydrogens is 146 g/mol. The van der Waals surface area contributed by atoms with Crippen molar-refractivity contribution in [3.05, 3.63) is 0 Å². The predicted octanol–water partition coefficient (Wildman–Crippen LogP) is -0.333. The summed E-state index contributed by atoms with van der Waals surface area (Å²) in [4.78, 5) is 10.1. The average molecular weight is 157 g/mol. The van der Waals surface area contributed by atoms with Gasteiger partial charge in [0.15, 0.2) is 0 Å². The van der Waals surface area contributed by atoms with E-state index in [9.17, 15) is 4.79 Å². The van der Waals surface area contributed by atoms with Crippen LogP contribution in [-0.2, 0) is 0 Å². The molecule has 5 nitrogen and oxygen atoms in total. The second kappa shape index (κ2) is 5.50. The average Bonchev–Trinajstić information content (AvgIpc) is 1.86. The van der Waals surface area contributed by atoms with E-state index < -0.39 is 12.3 Å². The summed E-state index contributed by atoms with van der Waals surface area (Å²) in [7, 11) is 0. The van der Waals surface area contributed by atoms with Gasteiger partial charge in [0.2, 0.25) is 0 Å². The van der Waals surface area contributed by atoms with Crippen LogP contribution < -0.4 is 11.1 Å². The molecule has 0 aliphatic heterocycles. The molecule has 0 aromatic carbocycles. The maximum absolute atomic E-state index is 10.1. The highest BCUT2D eigenvalue weighted by Gasteiger charge is 2.03. The van der Waals surface area contributed by atoms with Gasteiger partial charge in [-0.2, -0.15) is 5.26 Å². The SMILES string of the molecule is N#CCCCC(O)NC(N)=O. The predicted molar refractivity (Wildman–Crippen MR) is 38.2 cm³/mol. The molecule has 0 saturated heterocycles. The summed E-state index contributed by atoms with van der Waals surface area (Å²) >= 11 is 0. The third-order valence-corrected chi connectivity index (χ3v) is 1.08. The number of nitrogens with one attached hydrogen (secondary N) is 1. The maximum atomic E-state index is 10.1. The summed E-state index contributed by atoms with van der Waals surface area (Å²) in [5, 5.41) is 19.1.